The maximum absolute atomic E-state index is 11.9. The fourth-order valence-electron chi connectivity index (χ4n) is 2.30. The van der Waals surface area contributed by atoms with E-state index in [2.05, 4.69) is 5.32 Å². The van der Waals surface area contributed by atoms with Gasteiger partial charge in [-0.05, 0) is 36.4 Å². The summed E-state index contributed by atoms with van der Waals surface area (Å²) in [5.41, 5.74) is 1.73. The van der Waals surface area contributed by atoms with Crippen molar-refractivity contribution in [2.24, 2.45) is 0 Å². The number of carbonyl (C=O) groups is 3. The Kier molecular flexibility index (Phi) is 7.33. The zero-order chi connectivity index (χ0) is 20.5. The Hall–Kier alpha value is -3.61. The van der Waals surface area contributed by atoms with Crippen molar-refractivity contribution >= 4 is 29.5 Å². The first-order valence-corrected chi connectivity index (χ1v) is 8.50. The minimum Gasteiger partial charge on any atom is -0.496 e. The summed E-state index contributed by atoms with van der Waals surface area (Å²) >= 11 is 0. The van der Waals surface area contributed by atoms with Crippen LogP contribution >= 0.6 is 0 Å². The van der Waals surface area contributed by atoms with E-state index in [0.717, 1.165) is 5.56 Å². The topological polar surface area (TPSA) is 84.9 Å². The first-order chi connectivity index (χ1) is 13.4. The zero-order valence-electron chi connectivity index (χ0n) is 16.0. The van der Waals surface area contributed by atoms with E-state index >= 15 is 0 Å². The second-order valence-electron chi connectivity index (χ2n) is 6.01. The summed E-state index contributed by atoms with van der Waals surface area (Å²) in [4.78, 5) is 37.0. The van der Waals surface area contributed by atoms with Gasteiger partial charge in [0.1, 0.15) is 5.75 Å². The lowest BCUT2D eigenvalue weighted by atomic mass is 10.2. The molecular weight excluding hydrogens is 360 g/mol. The van der Waals surface area contributed by atoms with E-state index in [-0.39, 0.29) is 5.91 Å². The molecule has 146 valence electrons. The number of para-hydroxylation sites is 1. The first kappa shape index (κ1) is 20.7. The highest BCUT2D eigenvalue weighted by molar-refractivity contribution is 5.96. The molecule has 0 radical (unpaired) electrons. The third-order valence-electron chi connectivity index (χ3n) is 3.71. The Balaban J connectivity index is 1.84. The molecule has 0 aromatic heterocycles. The van der Waals surface area contributed by atoms with E-state index in [1.54, 1.807) is 56.6 Å². The summed E-state index contributed by atoms with van der Waals surface area (Å²) in [6, 6.07) is 13.6. The third-order valence-corrected chi connectivity index (χ3v) is 3.71. The number of nitrogens with one attached hydrogen (secondary N) is 1. The molecule has 0 aliphatic heterocycles. The number of hydrogen-bond acceptors (Lipinski definition) is 5. The van der Waals surface area contributed by atoms with Crippen molar-refractivity contribution < 1.29 is 23.9 Å². The number of anilines is 1. The van der Waals surface area contributed by atoms with Gasteiger partial charge >= 0.3 is 5.97 Å². The molecule has 2 aromatic rings. The molecule has 1 N–H and O–H groups in total. The lowest BCUT2D eigenvalue weighted by Gasteiger charge is -2.11. The van der Waals surface area contributed by atoms with Crippen molar-refractivity contribution in [1.82, 2.24) is 4.90 Å². The highest BCUT2D eigenvalue weighted by Gasteiger charge is 2.09. The van der Waals surface area contributed by atoms with Crippen LogP contribution in [0, 0.1) is 0 Å². The first-order valence-electron chi connectivity index (χ1n) is 8.50. The molecule has 0 saturated carbocycles. The van der Waals surface area contributed by atoms with E-state index in [4.69, 9.17) is 9.47 Å². The molecule has 0 bridgehead atoms. The van der Waals surface area contributed by atoms with Crippen molar-refractivity contribution in [2.45, 2.75) is 0 Å². The summed E-state index contributed by atoms with van der Waals surface area (Å²) in [7, 11) is 4.86. The predicted molar refractivity (Wildman–Crippen MR) is 106 cm³/mol. The summed E-state index contributed by atoms with van der Waals surface area (Å²) in [6.45, 7) is -0.423. The van der Waals surface area contributed by atoms with Crippen molar-refractivity contribution in [3.63, 3.8) is 0 Å². The average Bonchev–Trinajstić information content (AvgIpc) is 2.70. The Labute approximate surface area is 163 Å². The second-order valence-corrected chi connectivity index (χ2v) is 6.01. The van der Waals surface area contributed by atoms with Crippen LogP contribution in [0.25, 0.3) is 6.08 Å². The van der Waals surface area contributed by atoms with Crippen LogP contribution in [0.2, 0.25) is 0 Å². The maximum Gasteiger partial charge on any atom is 0.331 e. The number of benzene rings is 2. The molecule has 0 spiro atoms. The van der Waals surface area contributed by atoms with Gasteiger partial charge in [-0.15, -0.1) is 0 Å². The fourth-order valence-corrected chi connectivity index (χ4v) is 2.30. The minimum atomic E-state index is -0.645. The van der Waals surface area contributed by atoms with Crippen LogP contribution in [0.4, 0.5) is 5.69 Å². The quantitative estimate of drug-likeness (QED) is 0.588. The van der Waals surface area contributed by atoms with Gasteiger partial charge in [0.15, 0.2) is 6.61 Å². The summed E-state index contributed by atoms with van der Waals surface area (Å²) in [6.07, 6.45) is 2.78. The Morgan fingerprint density at radius 1 is 1.04 bits per heavy atom. The lowest BCUT2D eigenvalue weighted by Crippen LogP contribution is -2.22. The molecule has 0 aliphatic carbocycles. The molecule has 0 heterocycles. The van der Waals surface area contributed by atoms with E-state index in [1.165, 1.54) is 18.1 Å². The Morgan fingerprint density at radius 2 is 1.71 bits per heavy atom. The lowest BCUT2D eigenvalue weighted by molar-refractivity contribution is -0.142. The van der Waals surface area contributed by atoms with E-state index in [0.29, 0.717) is 17.0 Å². The van der Waals surface area contributed by atoms with Crippen LogP contribution in [0.3, 0.4) is 0 Å². The van der Waals surface area contributed by atoms with Gasteiger partial charge in [0.05, 0.1) is 7.11 Å². The standard InChI is InChI=1S/C21H22N2O5/c1-23(2)21(26)16-8-11-17(12-9-16)22-19(24)14-28-20(25)13-10-15-6-4-5-7-18(15)27-3/h4-13H,14H2,1-3H3,(H,22,24)/b13-10+. The van der Waals surface area contributed by atoms with Crippen LogP contribution < -0.4 is 10.1 Å². The molecule has 7 heteroatoms. The van der Waals surface area contributed by atoms with Crippen LogP contribution in [-0.2, 0) is 14.3 Å². The van der Waals surface area contributed by atoms with Gasteiger partial charge in [-0.3, -0.25) is 9.59 Å². The Bertz CT molecular complexity index is 873. The number of ether oxygens (including phenoxy) is 2. The van der Waals surface area contributed by atoms with Crippen LogP contribution in [0.5, 0.6) is 5.75 Å². The summed E-state index contributed by atoms with van der Waals surface area (Å²) in [5.74, 6) is -0.632. The largest absolute Gasteiger partial charge is 0.496 e. The molecule has 0 saturated heterocycles. The SMILES string of the molecule is COc1ccccc1/C=C/C(=O)OCC(=O)Nc1ccc(C(=O)N(C)C)cc1. The van der Waals surface area contributed by atoms with Crippen LogP contribution in [0.1, 0.15) is 15.9 Å². The second kappa shape index (κ2) is 9.91. The van der Waals surface area contributed by atoms with Gasteiger partial charge in [-0.1, -0.05) is 18.2 Å². The molecule has 0 unspecified atom stereocenters. The number of methoxy groups -OCH3 is 1. The summed E-state index contributed by atoms with van der Waals surface area (Å²) < 4.78 is 10.1. The molecule has 0 atom stereocenters. The van der Waals surface area contributed by atoms with E-state index < -0.39 is 18.5 Å². The number of hydrogen-bond donors (Lipinski definition) is 1. The molecule has 2 aromatic carbocycles. The number of carbonyl (C=O) groups excluding carboxylic acids is 3. The number of nitrogens with zero attached hydrogens (tertiary/aromatic N) is 1. The molecule has 28 heavy (non-hydrogen) atoms. The number of rotatable bonds is 7. The highest BCUT2D eigenvalue weighted by atomic mass is 16.5. The number of amides is 2. The third kappa shape index (κ3) is 5.98. The zero-order valence-corrected chi connectivity index (χ0v) is 16.0. The van der Waals surface area contributed by atoms with E-state index in [9.17, 15) is 14.4 Å². The number of esters is 1. The van der Waals surface area contributed by atoms with Crippen LogP contribution in [-0.4, -0.2) is 50.5 Å². The Morgan fingerprint density at radius 3 is 2.36 bits per heavy atom. The normalized spacial score (nSPS) is 10.4. The average molecular weight is 382 g/mol. The molecule has 0 aliphatic rings. The van der Waals surface area contributed by atoms with Crippen molar-refractivity contribution in [1.29, 1.82) is 0 Å². The predicted octanol–water partition coefficient (Wildman–Crippen LogP) is 2.59. The summed E-state index contributed by atoms with van der Waals surface area (Å²) in [5, 5.41) is 2.60. The minimum absolute atomic E-state index is 0.131. The van der Waals surface area contributed by atoms with Crippen molar-refractivity contribution in [2.75, 3.05) is 33.1 Å². The maximum atomic E-state index is 11.9. The van der Waals surface area contributed by atoms with Crippen molar-refractivity contribution in [3.05, 3.63) is 65.7 Å². The van der Waals surface area contributed by atoms with Gasteiger partial charge < -0.3 is 19.7 Å². The van der Waals surface area contributed by atoms with Gasteiger partial charge in [0, 0.05) is 37.0 Å². The van der Waals surface area contributed by atoms with Gasteiger partial charge in [0.2, 0.25) is 0 Å². The molecular formula is C21H22N2O5. The van der Waals surface area contributed by atoms with Crippen LogP contribution in [0.15, 0.2) is 54.6 Å². The van der Waals surface area contributed by atoms with Crippen molar-refractivity contribution in [3.8, 4) is 5.75 Å². The molecule has 0 fully saturated rings. The van der Waals surface area contributed by atoms with Gasteiger partial charge in [0.25, 0.3) is 11.8 Å². The van der Waals surface area contributed by atoms with Gasteiger partial charge in [-0.25, -0.2) is 4.79 Å². The smallest absolute Gasteiger partial charge is 0.331 e. The monoisotopic (exact) mass is 382 g/mol. The molecule has 2 amide bonds. The molecule has 2 rings (SSSR count). The van der Waals surface area contributed by atoms with Gasteiger partial charge in [-0.2, -0.15) is 0 Å². The highest BCUT2D eigenvalue weighted by Crippen LogP contribution is 2.18. The van der Waals surface area contributed by atoms with E-state index in [1.807, 2.05) is 12.1 Å². The molecule has 7 nitrogen and oxygen atoms in total. The fraction of sp³-hybridized carbons (Fsp3) is 0.190.